The summed E-state index contributed by atoms with van der Waals surface area (Å²) < 4.78 is 35.7. The minimum Gasteiger partial charge on any atom is -0.481 e. The van der Waals surface area contributed by atoms with E-state index >= 15 is 0 Å². The van der Waals surface area contributed by atoms with E-state index in [2.05, 4.69) is 0 Å². The summed E-state index contributed by atoms with van der Waals surface area (Å²) in [6.07, 6.45) is -5.02. The molecule has 0 radical (unpaired) electrons. The van der Waals surface area contributed by atoms with Crippen molar-refractivity contribution in [1.82, 2.24) is 4.90 Å². The van der Waals surface area contributed by atoms with E-state index in [1.165, 1.54) is 0 Å². The number of carbonyl (C=O) groups excluding carboxylic acids is 1. The zero-order valence-corrected chi connectivity index (χ0v) is 9.59. The van der Waals surface area contributed by atoms with Crippen LogP contribution in [-0.2, 0) is 9.59 Å². The molecule has 1 N–H and O–H groups in total. The van der Waals surface area contributed by atoms with Gasteiger partial charge < -0.3 is 10.0 Å². The van der Waals surface area contributed by atoms with E-state index in [0.29, 0.717) is 19.5 Å². The number of Topliss-reactive ketones (excluding diaryl/α,β-unsaturated/α-hetero) is 1. The molecule has 0 aliphatic rings. The number of nitrogens with zero attached hydrogens (tertiary/aromatic N) is 1. The Morgan fingerprint density at radius 2 is 1.76 bits per heavy atom. The molecule has 0 saturated carbocycles. The van der Waals surface area contributed by atoms with Gasteiger partial charge in [-0.1, -0.05) is 6.92 Å². The van der Waals surface area contributed by atoms with Gasteiger partial charge in [-0.05, 0) is 19.5 Å². The normalized spacial score (nSPS) is 11.8. The van der Waals surface area contributed by atoms with Crippen molar-refractivity contribution >= 4 is 11.8 Å². The molecule has 0 atom stereocenters. The Morgan fingerprint density at radius 3 is 2.18 bits per heavy atom. The molecule has 0 bridgehead atoms. The predicted molar refractivity (Wildman–Crippen MR) is 54.7 cm³/mol. The maximum absolute atomic E-state index is 11.9. The zero-order valence-electron chi connectivity index (χ0n) is 9.59. The summed E-state index contributed by atoms with van der Waals surface area (Å²) in [5, 5.41) is 8.40. The number of rotatable bonds is 8. The summed E-state index contributed by atoms with van der Waals surface area (Å²) in [6.45, 7) is 2.63. The van der Waals surface area contributed by atoms with Gasteiger partial charge in [0.15, 0.2) is 0 Å². The number of hydrogen-bond donors (Lipinski definition) is 1. The monoisotopic (exact) mass is 255 g/mol. The van der Waals surface area contributed by atoms with Crippen molar-refractivity contribution in [2.45, 2.75) is 32.4 Å². The van der Waals surface area contributed by atoms with E-state index in [-0.39, 0.29) is 13.0 Å². The molecule has 0 saturated heterocycles. The highest BCUT2D eigenvalue weighted by Gasteiger charge is 2.37. The highest BCUT2D eigenvalue weighted by Crippen LogP contribution is 2.17. The second-order valence-corrected chi connectivity index (χ2v) is 3.60. The molecule has 0 aromatic carbocycles. The first kappa shape index (κ1) is 15.9. The van der Waals surface area contributed by atoms with Gasteiger partial charge in [-0.2, -0.15) is 13.2 Å². The van der Waals surface area contributed by atoms with E-state index in [4.69, 9.17) is 5.11 Å². The van der Waals surface area contributed by atoms with Crippen LogP contribution in [0.5, 0.6) is 0 Å². The van der Waals surface area contributed by atoms with Gasteiger partial charge in [-0.15, -0.1) is 0 Å². The van der Waals surface area contributed by atoms with Gasteiger partial charge in [-0.25, -0.2) is 0 Å². The summed E-state index contributed by atoms with van der Waals surface area (Å²) in [5.41, 5.74) is 0. The van der Waals surface area contributed by atoms with Crippen LogP contribution in [0.15, 0.2) is 0 Å². The molecular weight excluding hydrogens is 239 g/mol. The molecule has 0 aromatic heterocycles. The fraction of sp³-hybridized carbons (Fsp3) is 0.800. The molecule has 0 fully saturated rings. The number of ketones is 1. The largest absolute Gasteiger partial charge is 0.481 e. The molecule has 0 rings (SSSR count). The first-order chi connectivity index (χ1) is 7.77. The second kappa shape index (κ2) is 7.26. The van der Waals surface area contributed by atoms with Gasteiger partial charge >= 0.3 is 12.1 Å². The number of hydrogen-bond acceptors (Lipinski definition) is 3. The van der Waals surface area contributed by atoms with Crippen LogP contribution in [0.3, 0.4) is 0 Å². The molecule has 0 aromatic rings. The lowest BCUT2D eigenvalue weighted by molar-refractivity contribution is -0.171. The maximum atomic E-state index is 11.9. The maximum Gasteiger partial charge on any atom is 0.450 e. The lowest BCUT2D eigenvalue weighted by atomic mass is 10.2. The van der Waals surface area contributed by atoms with Crippen molar-refractivity contribution in [2.24, 2.45) is 0 Å². The molecule has 100 valence electrons. The minimum absolute atomic E-state index is 0.00840. The Bertz CT molecular complexity index is 266. The van der Waals surface area contributed by atoms with Crippen LogP contribution in [-0.4, -0.2) is 47.6 Å². The Morgan fingerprint density at radius 1 is 1.18 bits per heavy atom. The van der Waals surface area contributed by atoms with Crippen molar-refractivity contribution in [2.75, 3.05) is 19.6 Å². The number of halogens is 3. The highest BCUT2D eigenvalue weighted by molar-refractivity contribution is 5.84. The van der Waals surface area contributed by atoms with E-state index < -0.39 is 24.3 Å². The summed E-state index contributed by atoms with van der Waals surface area (Å²) in [7, 11) is 0. The quantitative estimate of drug-likeness (QED) is 0.717. The summed E-state index contributed by atoms with van der Waals surface area (Å²) >= 11 is 0. The van der Waals surface area contributed by atoms with E-state index in [1.54, 1.807) is 11.8 Å². The van der Waals surface area contributed by atoms with Crippen LogP contribution < -0.4 is 0 Å². The van der Waals surface area contributed by atoms with Gasteiger partial charge in [0.2, 0.25) is 5.78 Å². The topological polar surface area (TPSA) is 57.6 Å². The molecular formula is C10H16F3NO3. The van der Waals surface area contributed by atoms with Crippen LogP contribution >= 0.6 is 0 Å². The highest BCUT2D eigenvalue weighted by atomic mass is 19.4. The average Bonchev–Trinajstić information content (AvgIpc) is 2.20. The van der Waals surface area contributed by atoms with E-state index in [0.717, 1.165) is 0 Å². The number of alkyl halides is 3. The van der Waals surface area contributed by atoms with Crippen molar-refractivity contribution in [3.63, 3.8) is 0 Å². The fourth-order valence-corrected chi connectivity index (χ4v) is 1.28. The van der Waals surface area contributed by atoms with Crippen LogP contribution in [0.25, 0.3) is 0 Å². The summed E-state index contributed by atoms with van der Waals surface area (Å²) in [4.78, 5) is 22.5. The van der Waals surface area contributed by atoms with Crippen LogP contribution in [0.1, 0.15) is 26.2 Å². The number of carbonyl (C=O) groups is 2. The van der Waals surface area contributed by atoms with Gasteiger partial charge in [0.1, 0.15) is 0 Å². The predicted octanol–water partition coefficient (Wildman–Crippen LogP) is 1.69. The van der Waals surface area contributed by atoms with Gasteiger partial charge in [0.25, 0.3) is 0 Å². The summed E-state index contributed by atoms with van der Waals surface area (Å²) in [5.74, 6) is -2.68. The lowest BCUT2D eigenvalue weighted by Crippen LogP contribution is -2.31. The van der Waals surface area contributed by atoms with Crippen LogP contribution in [0.2, 0.25) is 0 Å². The number of carboxylic acids is 1. The SMILES string of the molecule is CCN(CCCC(=O)O)CCC(=O)C(F)(F)F. The second-order valence-electron chi connectivity index (χ2n) is 3.60. The summed E-state index contributed by atoms with van der Waals surface area (Å²) in [6, 6.07) is 0. The Labute approximate surface area is 97.4 Å². The van der Waals surface area contributed by atoms with Crippen molar-refractivity contribution in [3.8, 4) is 0 Å². The Hall–Kier alpha value is -1.11. The number of carboxylic acid groups (broad SMARTS) is 1. The standard InChI is InChI=1S/C10H16F3NO3/c1-2-14(6-3-4-9(16)17)7-5-8(15)10(11,12)13/h2-7H2,1H3,(H,16,17). The first-order valence-electron chi connectivity index (χ1n) is 5.31. The molecule has 0 aliphatic carbocycles. The minimum atomic E-state index is -4.78. The molecule has 17 heavy (non-hydrogen) atoms. The fourth-order valence-electron chi connectivity index (χ4n) is 1.28. The average molecular weight is 255 g/mol. The zero-order chi connectivity index (χ0) is 13.5. The van der Waals surface area contributed by atoms with Gasteiger partial charge in [0, 0.05) is 19.4 Å². The van der Waals surface area contributed by atoms with Gasteiger partial charge in [-0.3, -0.25) is 9.59 Å². The third-order valence-corrected chi connectivity index (χ3v) is 2.28. The molecule has 0 aliphatic heterocycles. The molecule has 0 spiro atoms. The third-order valence-electron chi connectivity index (χ3n) is 2.28. The Kier molecular flexibility index (Phi) is 6.79. The van der Waals surface area contributed by atoms with Crippen molar-refractivity contribution in [3.05, 3.63) is 0 Å². The van der Waals surface area contributed by atoms with Crippen molar-refractivity contribution in [1.29, 1.82) is 0 Å². The molecule has 4 nitrogen and oxygen atoms in total. The van der Waals surface area contributed by atoms with Gasteiger partial charge in [0.05, 0.1) is 0 Å². The molecule has 0 unspecified atom stereocenters. The molecule has 0 heterocycles. The number of aliphatic carboxylic acids is 1. The van der Waals surface area contributed by atoms with E-state index in [9.17, 15) is 22.8 Å². The lowest BCUT2D eigenvalue weighted by Gasteiger charge is -2.19. The first-order valence-corrected chi connectivity index (χ1v) is 5.31. The smallest absolute Gasteiger partial charge is 0.450 e. The van der Waals surface area contributed by atoms with Crippen molar-refractivity contribution < 1.29 is 27.9 Å². The third kappa shape index (κ3) is 7.73. The van der Waals surface area contributed by atoms with Crippen LogP contribution in [0, 0.1) is 0 Å². The molecule has 7 heteroatoms. The van der Waals surface area contributed by atoms with Crippen LogP contribution in [0.4, 0.5) is 13.2 Å². The molecule has 0 amide bonds. The van der Waals surface area contributed by atoms with E-state index in [1.807, 2.05) is 0 Å². The Balaban J connectivity index is 3.90.